The number of esters is 5. The summed E-state index contributed by atoms with van der Waals surface area (Å²) < 4.78 is 35.2. The quantitative estimate of drug-likeness (QED) is 0.292. The first kappa shape index (κ1) is 35.3. The van der Waals surface area contributed by atoms with E-state index < -0.39 is 36.2 Å². The van der Waals surface area contributed by atoms with Crippen LogP contribution in [0.1, 0.15) is 80.1 Å². The molecule has 12 heteroatoms. The molecule has 0 radical (unpaired) electrons. The van der Waals surface area contributed by atoms with Crippen LogP contribution in [0.4, 0.5) is 0 Å². The van der Waals surface area contributed by atoms with Crippen molar-refractivity contribution < 1.29 is 57.1 Å². The zero-order valence-electron chi connectivity index (χ0n) is 23.8. The highest BCUT2D eigenvalue weighted by Gasteiger charge is 2.23. The van der Waals surface area contributed by atoms with Gasteiger partial charge < -0.3 is 33.2 Å². The molecule has 1 fully saturated rings. The molecule has 6 atom stereocenters. The molecule has 1 aliphatic rings. The fourth-order valence-electron chi connectivity index (χ4n) is 3.01. The summed E-state index contributed by atoms with van der Waals surface area (Å²) in [6.07, 6.45) is -1.38. The topological polar surface area (TPSA) is 150 Å². The first-order chi connectivity index (χ1) is 17.7. The van der Waals surface area contributed by atoms with Crippen molar-refractivity contribution >= 4 is 29.8 Å². The van der Waals surface area contributed by atoms with Crippen molar-refractivity contribution in [2.45, 2.75) is 117 Å². The Morgan fingerprint density at radius 1 is 0.711 bits per heavy atom. The molecule has 1 rings (SSSR count). The molecule has 0 aromatic carbocycles. The molecule has 0 N–H and O–H groups in total. The molecule has 0 aliphatic carbocycles. The van der Waals surface area contributed by atoms with Crippen molar-refractivity contribution in [3.63, 3.8) is 0 Å². The average Bonchev–Trinajstić information content (AvgIpc) is 2.77. The molecular weight excluding hydrogens is 504 g/mol. The van der Waals surface area contributed by atoms with E-state index in [0.717, 1.165) is 0 Å². The van der Waals surface area contributed by atoms with Crippen LogP contribution in [0.25, 0.3) is 0 Å². The lowest BCUT2D eigenvalue weighted by Crippen LogP contribution is -2.29. The van der Waals surface area contributed by atoms with E-state index in [9.17, 15) is 24.0 Å². The molecule has 0 spiro atoms. The molecule has 0 aromatic heterocycles. The van der Waals surface area contributed by atoms with Gasteiger partial charge in [-0.15, -0.1) is 0 Å². The molecule has 220 valence electrons. The molecule has 1 heterocycles. The Morgan fingerprint density at radius 2 is 1.08 bits per heavy atom. The first-order valence-corrected chi connectivity index (χ1v) is 12.7. The van der Waals surface area contributed by atoms with E-state index in [1.54, 1.807) is 55.8 Å². The summed E-state index contributed by atoms with van der Waals surface area (Å²) in [5.41, 5.74) is 0. The van der Waals surface area contributed by atoms with Crippen LogP contribution < -0.4 is 0 Å². The van der Waals surface area contributed by atoms with Gasteiger partial charge in [-0.1, -0.05) is 0 Å². The van der Waals surface area contributed by atoms with Crippen molar-refractivity contribution in [1.82, 2.24) is 0 Å². The Bertz CT molecular complexity index is 676. The van der Waals surface area contributed by atoms with Gasteiger partial charge in [0.15, 0.2) is 0 Å². The zero-order chi connectivity index (χ0) is 29.3. The predicted molar refractivity (Wildman–Crippen MR) is 134 cm³/mol. The summed E-state index contributed by atoms with van der Waals surface area (Å²) in [5.74, 6) is -2.12. The van der Waals surface area contributed by atoms with E-state index >= 15 is 0 Å². The number of methoxy groups -OCH3 is 2. The third-order valence-electron chi connectivity index (χ3n) is 5.19. The van der Waals surface area contributed by atoms with Crippen molar-refractivity contribution in [3.8, 4) is 0 Å². The first-order valence-electron chi connectivity index (χ1n) is 12.7. The van der Waals surface area contributed by atoms with Gasteiger partial charge in [-0.05, 0) is 41.5 Å². The second-order valence-corrected chi connectivity index (χ2v) is 9.32. The maximum Gasteiger partial charge on any atom is 0.309 e. The minimum Gasteiger partial charge on any atom is -0.465 e. The lowest BCUT2D eigenvalue weighted by molar-refractivity contribution is -0.165. The standard InChI is InChI=1S/C14H26O6.C12H18O6/c1-10(20-14(16)9-12(3)18-5)6-7-19-13(15)8-11(2)17-4;1-7-4-10(13)17-9(3)6-12(15)18-8(2)5-11(14)16-7/h10-12H,6-9H2,1-5H3;7-9H,4-6H2,1-3H3/t10-,11-,12-;7-,8-,9-/m11/s1. The Balaban J connectivity index is 0.000000724. The van der Waals surface area contributed by atoms with Gasteiger partial charge in [-0.3, -0.25) is 24.0 Å². The molecule has 0 aromatic rings. The highest BCUT2D eigenvalue weighted by Crippen LogP contribution is 2.11. The van der Waals surface area contributed by atoms with E-state index in [-0.39, 0.29) is 69.0 Å². The van der Waals surface area contributed by atoms with Crippen molar-refractivity contribution in [3.05, 3.63) is 0 Å². The van der Waals surface area contributed by atoms with Gasteiger partial charge in [0.05, 0.1) is 50.9 Å². The van der Waals surface area contributed by atoms with Gasteiger partial charge in [-0.25, -0.2) is 0 Å². The summed E-state index contributed by atoms with van der Waals surface area (Å²) >= 11 is 0. The summed E-state index contributed by atoms with van der Waals surface area (Å²) in [5, 5.41) is 0. The van der Waals surface area contributed by atoms with Gasteiger partial charge in [0, 0.05) is 20.6 Å². The van der Waals surface area contributed by atoms with Crippen molar-refractivity contribution in [2.75, 3.05) is 20.8 Å². The monoisotopic (exact) mass is 548 g/mol. The normalized spacial score (nSPS) is 22.9. The van der Waals surface area contributed by atoms with Crippen LogP contribution in [0, 0.1) is 0 Å². The lowest BCUT2D eigenvalue weighted by Gasteiger charge is -2.20. The van der Waals surface area contributed by atoms with E-state index in [1.165, 1.54) is 0 Å². The van der Waals surface area contributed by atoms with Gasteiger partial charge in [-0.2, -0.15) is 0 Å². The minimum atomic E-state index is -0.542. The average molecular weight is 549 g/mol. The minimum absolute atomic E-state index is 0.0144. The number of ether oxygens (including phenoxy) is 7. The zero-order valence-corrected chi connectivity index (χ0v) is 23.8. The van der Waals surface area contributed by atoms with Crippen molar-refractivity contribution in [1.29, 1.82) is 0 Å². The van der Waals surface area contributed by atoms with Crippen LogP contribution in [-0.4, -0.2) is 87.3 Å². The summed E-state index contributed by atoms with van der Waals surface area (Å²) in [6, 6.07) is 0. The highest BCUT2D eigenvalue weighted by molar-refractivity contribution is 5.75. The van der Waals surface area contributed by atoms with E-state index in [4.69, 9.17) is 33.2 Å². The van der Waals surface area contributed by atoms with E-state index in [2.05, 4.69) is 0 Å². The van der Waals surface area contributed by atoms with Gasteiger partial charge in [0.25, 0.3) is 0 Å². The Hall–Kier alpha value is -2.73. The van der Waals surface area contributed by atoms with Crippen LogP contribution in [0.5, 0.6) is 0 Å². The predicted octanol–water partition coefficient (Wildman–Crippen LogP) is 2.67. The summed E-state index contributed by atoms with van der Waals surface area (Å²) in [7, 11) is 3.09. The smallest absolute Gasteiger partial charge is 0.309 e. The SMILES string of the molecule is CO[C@H](C)CC(=O)OCC[C@@H](C)OC(=O)C[C@@H](C)OC.C[C@@H]1CC(=O)O[C@H](C)CC(=O)O[C@H](C)CC(=O)O1. The molecule has 0 amide bonds. The number of carbonyl (C=O) groups excluding carboxylic acids is 5. The number of rotatable bonds is 10. The number of hydrogen-bond acceptors (Lipinski definition) is 12. The van der Waals surface area contributed by atoms with E-state index in [0.29, 0.717) is 6.42 Å². The number of carbonyl (C=O) groups is 5. The molecule has 0 bridgehead atoms. The summed E-state index contributed by atoms with van der Waals surface area (Å²) in [6.45, 7) is 10.4. The van der Waals surface area contributed by atoms with E-state index in [1.807, 2.05) is 0 Å². The van der Waals surface area contributed by atoms with Gasteiger partial charge in [0.1, 0.15) is 24.4 Å². The highest BCUT2D eigenvalue weighted by atomic mass is 16.6. The van der Waals surface area contributed by atoms with Crippen LogP contribution in [0.2, 0.25) is 0 Å². The van der Waals surface area contributed by atoms with Crippen LogP contribution in [-0.2, 0) is 57.1 Å². The van der Waals surface area contributed by atoms with Crippen LogP contribution >= 0.6 is 0 Å². The second-order valence-electron chi connectivity index (χ2n) is 9.32. The molecule has 1 saturated heterocycles. The molecule has 12 nitrogen and oxygen atoms in total. The molecule has 38 heavy (non-hydrogen) atoms. The lowest BCUT2D eigenvalue weighted by atomic mass is 10.2. The molecule has 0 saturated carbocycles. The van der Waals surface area contributed by atoms with Gasteiger partial charge in [0.2, 0.25) is 0 Å². The Labute approximate surface area is 224 Å². The van der Waals surface area contributed by atoms with Crippen molar-refractivity contribution in [2.24, 2.45) is 0 Å². The maximum absolute atomic E-state index is 11.5. The largest absolute Gasteiger partial charge is 0.465 e. The van der Waals surface area contributed by atoms with Crippen LogP contribution in [0.15, 0.2) is 0 Å². The molecule has 1 aliphatic heterocycles. The fraction of sp³-hybridized carbons (Fsp3) is 0.808. The second kappa shape index (κ2) is 19.4. The Kier molecular flexibility index (Phi) is 18.0. The summed E-state index contributed by atoms with van der Waals surface area (Å²) in [4.78, 5) is 57.1. The van der Waals surface area contributed by atoms with Crippen LogP contribution in [0.3, 0.4) is 0 Å². The Morgan fingerprint density at radius 3 is 1.45 bits per heavy atom. The number of hydrogen-bond donors (Lipinski definition) is 0. The fourth-order valence-corrected chi connectivity index (χ4v) is 3.01. The molecular formula is C26H44O12. The van der Waals surface area contributed by atoms with Gasteiger partial charge >= 0.3 is 29.8 Å². The third-order valence-corrected chi connectivity index (χ3v) is 5.19. The third kappa shape index (κ3) is 18.5. The maximum atomic E-state index is 11.5. The molecule has 0 unspecified atom stereocenters. The number of cyclic esters (lactones) is 3.